The van der Waals surface area contributed by atoms with Crippen molar-refractivity contribution in [1.82, 2.24) is 14.9 Å². The quantitative estimate of drug-likeness (QED) is 0.580. The molecule has 1 aromatic carbocycles. The molecule has 2 atom stereocenters. The summed E-state index contributed by atoms with van der Waals surface area (Å²) < 4.78 is 56.0. The van der Waals surface area contributed by atoms with Crippen molar-refractivity contribution >= 4 is 35.2 Å². The van der Waals surface area contributed by atoms with E-state index in [9.17, 15) is 22.4 Å². The van der Waals surface area contributed by atoms with Crippen molar-refractivity contribution in [1.29, 1.82) is 0 Å². The Labute approximate surface area is 198 Å². The zero-order chi connectivity index (χ0) is 23.8. The largest absolute Gasteiger partial charge is 0.413 e. The van der Waals surface area contributed by atoms with Gasteiger partial charge in [0.15, 0.2) is 6.04 Å². The maximum absolute atomic E-state index is 14.2. The SMILES string of the molecule is CN(C(=O)C1CCSCC1)C(c1cnc(NC2Cc3ccc(Cl)c(F)c3C2)nc1)C(F)(F)F. The number of alkyl halides is 3. The number of carbonyl (C=O) groups is 1. The van der Waals surface area contributed by atoms with Crippen LogP contribution in [-0.2, 0) is 17.6 Å². The van der Waals surface area contributed by atoms with Crippen molar-refractivity contribution in [3.63, 3.8) is 0 Å². The highest BCUT2D eigenvalue weighted by Gasteiger charge is 2.46. The fraction of sp³-hybridized carbons (Fsp3) is 0.500. The smallest absolute Gasteiger partial charge is 0.351 e. The van der Waals surface area contributed by atoms with Crippen molar-refractivity contribution in [2.45, 2.75) is 43.9 Å². The number of nitrogens with one attached hydrogen (secondary N) is 1. The van der Waals surface area contributed by atoms with Gasteiger partial charge in [0, 0.05) is 37.0 Å². The lowest BCUT2D eigenvalue weighted by molar-refractivity contribution is -0.190. The average Bonchev–Trinajstić information content (AvgIpc) is 3.20. The van der Waals surface area contributed by atoms with Gasteiger partial charge in [-0.25, -0.2) is 14.4 Å². The molecule has 178 valence electrons. The Kier molecular flexibility index (Phi) is 7.04. The third-order valence-corrected chi connectivity index (χ3v) is 7.49. The van der Waals surface area contributed by atoms with Gasteiger partial charge >= 0.3 is 6.18 Å². The molecule has 4 rings (SSSR count). The van der Waals surface area contributed by atoms with Crippen LogP contribution in [-0.4, -0.2) is 51.5 Å². The second-order valence-corrected chi connectivity index (χ2v) is 10.0. The number of fused-ring (bicyclic) bond motifs is 1. The van der Waals surface area contributed by atoms with E-state index in [1.807, 2.05) is 0 Å². The number of amides is 1. The van der Waals surface area contributed by atoms with Gasteiger partial charge in [-0.1, -0.05) is 17.7 Å². The van der Waals surface area contributed by atoms with Gasteiger partial charge in [-0.3, -0.25) is 4.79 Å². The summed E-state index contributed by atoms with van der Waals surface area (Å²) in [7, 11) is 1.18. The topological polar surface area (TPSA) is 58.1 Å². The lowest BCUT2D eigenvalue weighted by atomic mass is 9.99. The molecule has 1 amide bonds. The normalized spacial score (nSPS) is 19.8. The van der Waals surface area contributed by atoms with Crippen LogP contribution in [0.5, 0.6) is 0 Å². The van der Waals surface area contributed by atoms with Crippen LogP contribution in [0.1, 0.15) is 35.6 Å². The number of hydrogen-bond donors (Lipinski definition) is 1. The maximum atomic E-state index is 14.2. The molecule has 0 radical (unpaired) electrons. The first-order chi connectivity index (χ1) is 15.6. The second kappa shape index (κ2) is 9.66. The molecule has 1 N–H and O–H groups in total. The van der Waals surface area contributed by atoms with E-state index in [2.05, 4.69) is 15.3 Å². The number of hydrogen-bond acceptors (Lipinski definition) is 5. The van der Waals surface area contributed by atoms with Crippen LogP contribution in [0.15, 0.2) is 24.5 Å². The molecular weight excluding hydrogens is 480 g/mol. The van der Waals surface area contributed by atoms with Crippen LogP contribution in [0.25, 0.3) is 0 Å². The molecular formula is C22H23ClF4N4OS. The number of nitrogens with zero attached hydrogens (tertiary/aromatic N) is 3. The summed E-state index contributed by atoms with van der Waals surface area (Å²) in [6.45, 7) is 0. The molecule has 5 nitrogen and oxygen atoms in total. The van der Waals surface area contributed by atoms with Crippen LogP contribution in [0, 0.1) is 11.7 Å². The summed E-state index contributed by atoms with van der Waals surface area (Å²) in [6, 6.07) is 0.939. The van der Waals surface area contributed by atoms with Crippen LogP contribution >= 0.6 is 23.4 Å². The van der Waals surface area contributed by atoms with E-state index in [0.29, 0.717) is 31.2 Å². The highest BCUT2D eigenvalue weighted by molar-refractivity contribution is 7.99. The Balaban J connectivity index is 1.47. The van der Waals surface area contributed by atoms with Crippen molar-refractivity contribution in [3.8, 4) is 0 Å². The summed E-state index contributed by atoms with van der Waals surface area (Å²) in [4.78, 5) is 21.6. The second-order valence-electron chi connectivity index (χ2n) is 8.37. The van der Waals surface area contributed by atoms with Gasteiger partial charge in [-0.05, 0) is 54.4 Å². The number of benzene rings is 1. The molecule has 1 aliphatic heterocycles. The lowest BCUT2D eigenvalue weighted by Crippen LogP contribution is -2.43. The Morgan fingerprint density at radius 3 is 2.52 bits per heavy atom. The summed E-state index contributed by atoms with van der Waals surface area (Å²) in [5, 5.41) is 3.10. The summed E-state index contributed by atoms with van der Waals surface area (Å²) >= 11 is 7.54. The van der Waals surface area contributed by atoms with Crippen molar-refractivity contribution in [2.75, 3.05) is 23.9 Å². The average molecular weight is 503 g/mol. The first-order valence-corrected chi connectivity index (χ1v) is 12.1. The summed E-state index contributed by atoms with van der Waals surface area (Å²) in [6.07, 6.45) is -0.441. The third kappa shape index (κ3) is 5.21. The van der Waals surface area contributed by atoms with Crippen LogP contribution in [0.4, 0.5) is 23.5 Å². The highest BCUT2D eigenvalue weighted by Crippen LogP contribution is 2.38. The number of thioether (sulfide) groups is 1. The molecule has 2 aromatic rings. The predicted octanol–water partition coefficient (Wildman–Crippen LogP) is 5.05. The predicted molar refractivity (Wildman–Crippen MR) is 120 cm³/mol. The Hall–Kier alpha value is -2.07. The van der Waals surface area contributed by atoms with Crippen LogP contribution in [0.2, 0.25) is 5.02 Å². The Morgan fingerprint density at radius 2 is 1.88 bits per heavy atom. The molecule has 0 spiro atoms. The zero-order valence-electron chi connectivity index (χ0n) is 17.8. The Morgan fingerprint density at radius 1 is 1.21 bits per heavy atom. The van der Waals surface area contributed by atoms with E-state index >= 15 is 0 Å². The maximum Gasteiger partial charge on any atom is 0.413 e. The van der Waals surface area contributed by atoms with Gasteiger partial charge in [0.25, 0.3) is 0 Å². The molecule has 2 heterocycles. The number of anilines is 1. The van der Waals surface area contributed by atoms with Gasteiger partial charge < -0.3 is 10.2 Å². The number of carbonyl (C=O) groups excluding carboxylic acids is 1. The molecule has 1 aromatic heterocycles. The van der Waals surface area contributed by atoms with Crippen molar-refractivity contribution in [2.24, 2.45) is 5.92 Å². The molecule has 1 aliphatic carbocycles. The first-order valence-electron chi connectivity index (χ1n) is 10.6. The first kappa shape index (κ1) is 24.1. The van der Waals surface area contributed by atoms with E-state index in [1.54, 1.807) is 17.8 Å². The van der Waals surface area contributed by atoms with E-state index in [1.165, 1.54) is 13.1 Å². The molecule has 2 aliphatic rings. The van der Waals surface area contributed by atoms with Gasteiger partial charge in [0.2, 0.25) is 11.9 Å². The molecule has 1 saturated heterocycles. The molecule has 33 heavy (non-hydrogen) atoms. The van der Waals surface area contributed by atoms with Gasteiger partial charge in [-0.2, -0.15) is 24.9 Å². The monoisotopic (exact) mass is 502 g/mol. The molecule has 2 unspecified atom stereocenters. The number of halogens is 5. The summed E-state index contributed by atoms with van der Waals surface area (Å²) in [5.74, 6) is 0.316. The van der Waals surface area contributed by atoms with Gasteiger partial charge in [0.05, 0.1) is 5.02 Å². The van der Waals surface area contributed by atoms with Crippen LogP contribution < -0.4 is 5.32 Å². The minimum absolute atomic E-state index is 0.0545. The number of rotatable bonds is 5. The molecule has 0 bridgehead atoms. The zero-order valence-corrected chi connectivity index (χ0v) is 19.4. The molecule has 11 heteroatoms. The van der Waals surface area contributed by atoms with E-state index < -0.39 is 29.9 Å². The fourth-order valence-electron chi connectivity index (χ4n) is 4.46. The standard InChI is InChI=1S/C22H23ClF4N4OS/c1-31(20(32)12-4-6-33-7-5-12)19(22(25,26)27)14-10-28-21(29-11-14)30-15-8-13-2-3-17(23)18(24)16(13)9-15/h2-3,10-12,15,19H,4-9H2,1H3,(H,28,29,30). The Bertz CT molecular complexity index is 1010. The van der Waals surface area contributed by atoms with E-state index in [0.717, 1.165) is 34.4 Å². The molecule has 1 fully saturated rings. The summed E-state index contributed by atoms with van der Waals surface area (Å²) in [5.41, 5.74) is 1.14. The van der Waals surface area contributed by atoms with Gasteiger partial charge in [-0.15, -0.1) is 0 Å². The van der Waals surface area contributed by atoms with E-state index in [-0.39, 0.29) is 22.6 Å². The van der Waals surface area contributed by atoms with Crippen molar-refractivity contribution < 1.29 is 22.4 Å². The van der Waals surface area contributed by atoms with Gasteiger partial charge in [0.1, 0.15) is 5.82 Å². The highest BCUT2D eigenvalue weighted by atomic mass is 35.5. The molecule has 0 saturated carbocycles. The fourth-order valence-corrected chi connectivity index (χ4v) is 5.74. The minimum Gasteiger partial charge on any atom is -0.351 e. The van der Waals surface area contributed by atoms with Crippen molar-refractivity contribution in [3.05, 3.63) is 52.1 Å². The lowest BCUT2D eigenvalue weighted by Gasteiger charge is -2.33. The van der Waals surface area contributed by atoms with Crippen LogP contribution in [0.3, 0.4) is 0 Å². The number of aromatic nitrogens is 2. The minimum atomic E-state index is -4.67. The third-order valence-electron chi connectivity index (χ3n) is 6.15. The van der Waals surface area contributed by atoms with E-state index in [4.69, 9.17) is 11.6 Å².